The lowest BCUT2D eigenvalue weighted by Crippen LogP contribution is -2.00. The Bertz CT molecular complexity index is 1110. The molecule has 2 aromatic carbocycles. The molecule has 4 aromatic rings. The van der Waals surface area contributed by atoms with Crippen molar-refractivity contribution in [2.45, 2.75) is 30.5 Å². The number of thioether (sulfide) groups is 1. The average molecular weight is 357 g/mol. The Labute approximate surface area is 157 Å². The number of aryl methyl sites for hydroxylation is 1. The van der Waals surface area contributed by atoms with Crippen LogP contribution in [0.3, 0.4) is 0 Å². The van der Waals surface area contributed by atoms with Gasteiger partial charge in [-0.25, -0.2) is 4.98 Å². The van der Waals surface area contributed by atoms with Gasteiger partial charge in [-0.05, 0) is 35.7 Å². The second kappa shape index (κ2) is 7.23. The summed E-state index contributed by atoms with van der Waals surface area (Å²) in [6.45, 7) is 2.14. The van der Waals surface area contributed by atoms with Gasteiger partial charge in [0.15, 0.2) is 5.65 Å². The molecule has 0 saturated carbocycles. The molecule has 4 rings (SSSR count). The van der Waals surface area contributed by atoms with Gasteiger partial charge in [-0.2, -0.15) is 5.26 Å². The normalized spacial score (nSPS) is 11.1. The third-order valence-corrected chi connectivity index (χ3v) is 5.56. The Morgan fingerprint density at radius 3 is 2.62 bits per heavy atom. The van der Waals surface area contributed by atoms with Crippen LogP contribution in [0.2, 0.25) is 0 Å². The fourth-order valence-electron chi connectivity index (χ4n) is 3.27. The largest absolute Gasteiger partial charge is 0.286 e. The van der Waals surface area contributed by atoms with E-state index in [4.69, 9.17) is 4.98 Å². The van der Waals surface area contributed by atoms with Crippen LogP contribution in [0.25, 0.3) is 16.7 Å². The smallest absolute Gasteiger partial charge is 0.157 e. The number of pyridine rings is 1. The van der Waals surface area contributed by atoms with Crippen molar-refractivity contribution in [3.63, 3.8) is 0 Å². The van der Waals surface area contributed by atoms with Gasteiger partial charge < -0.3 is 0 Å². The van der Waals surface area contributed by atoms with Crippen LogP contribution in [0.5, 0.6) is 0 Å². The monoisotopic (exact) mass is 357 g/mol. The Morgan fingerprint density at radius 2 is 1.85 bits per heavy atom. The highest BCUT2D eigenvalue weighted by molar-refractivity contribution is 7.98. The Kier molecular flexibility index (Phi) is 4.64. The lowest BCUT2D eigenvalue weighted by atomic mass is 10.1. The molecule has 0 unspecified atom stereocenters. The lowest BCUT2D eigenvalue weighted by Gasteiger charge is -2.11. The topological polar surface area (TPSA) is 41.1 Å². The molecule has 0 amide bonds. The summed E-state index contributed by atoms with van der Waals surface area (Å²) in [4.78, 5) is 4.77. The number of fused-ring (bicyclic) bond motifs is 3. The van der Waals surface area contributed by atoms with E-state index in [0.717, 1.165) is 45.9 Å². The van der Waals surface area contributed by atoms with E-state index in [1.807, 2.05) is 24.3 Å². The van der Waals surface area contributed by atoms with Crippen molar-refractivity contribution >= 4 is 28.4 Å². The van der Waals surface area contributed by atoms with Crippen LogP contribution < -0.4 is 0 Å². The summed E-state index contributed by atoms with van der Waals surface area (Å²) >= 11 is 1.80. The number of rotatable bonds is 5. The van der Waals surface area contributed by atoms with Gasteiger partial charge in [0.2, 0.25) is 0 Å². The molecule has 0 radical (unpaired) electrons. The lowest BCUT2D eigenvalue weighted by molar-refractivity contribution is 0.899. The molecule has 3 nitrogen and oxygen atoms in total. The molecule has 0 bridgehead atoms. The van der Waals surface area contributed by atoms with Crippen molar-refractivity contribution in [2.75, 3.05) is 0 Å². The van der Waals surface area contributed by atoms with E-state index in [-0.39, 0.29) is 0 Å². The number of hydrogen-bond acceptors (Lipinski definition) is 3. The molecule has 0 aliphatic rings. The Morgan fingerprint density at radius 1 is 1.08 bits per heavy atom. The molecular formula is C22H19N3S. The van der Waals surface area contributed by atoms with Crippen LogP contribution in [-0.4, -0.2) is 9.38 Å². The third kappa shape index (κ3) is 2.95. The van der Waals surface area contributed by atoms with Crippen molar-refractivity contribution in [1.82, 2.24) is 9.38 Å². The van der Waals surface area contributed by atoms with Gasteiger partial charge in [0, 0.05) is 5.75 Å². The summed E-state index contributed by atoms with van der Waals surface area (Å²) in [5.74, 6) is 0.889. The fraction of sp³-hybridized carbons (Fsp3) is 0.182. The molecule has 128 valence electrons. The molecular weight excluding hydrogens is 338 g/mol. The van der Waals surface area contributed by atoms with E-state index in [0.29, 0.717) is 5.56 Å². The van der Waals surface area contributed by atoms with E-state index in [9.17, 15) is 5.26 Å². The number of imidazole rings is 1. The van der Waals surface area contributed by atoms with Crippen LogP contribution in [0.15, 0.2) is 65.7 Å². The van der Waals surface area contributed by atoms with Gasteiger partial charge in [-0.1, -0.05) is 55.8 Å². The number of nitriles is 1. The first-order valence-electron chi connectivity index (χ1n) is 8.81. The highest BCUT2D eigenvalue weighted by Gasteiger charge is 2.16. The molecule has 0 aliphatic heterocycles. The minimum absolute atomic E-state index is 0.701. The molecule has 26 heavy (non-hydrogen) atoms. The Balaban J connectivity index is 1.90. The molecule has 0 spiro atoms. The number of benzene rings is 2. The number of aromatic nitrogens is 2. The zero-order valence-corrected chi connectivity index (χ0v) is 15.5. The molecule has 0 aliphatic carbocycles. The van der Waals surface area contributed by atoms with E-state index >= 15 is 0 Å². The van der Waals surface area contributed by atoms with E-state index in [1.54, 1.807) is 11.8 Å². The molecule has 0 saturated heterocycles. The second-order valence-electron chi connectivity index (χ2n) is 6.28. The quantitative estimate of drug-likeness (QED) is 0.436. The number of nitrogens with zero attached hydrogens (tertiary/aromatic N) is 3. The third-order valence-electron chi connectivity index (χ3n) is 4.48. The SMILES string of the molecule is CCCc1cc(SCc2ccccc2)n2c(nc3ccccc32)c1C#N. The molecule has 0 fully saturated rings. The maximum absolute atomic E-state index is 9.76. The number of para-hydroxylation sites is 2. The molecule has 2 heterocycles. The van der Waals surface area contributed by atoms with Gasteiger partial charge in [-0.15, -0.1) is 11.8 Å². The molecule has 4 heteroatoms. The van der Waals surface area contributed by atoms with Crippen molar-refractivity contribution in [2.24, 2.45) is 0 Å². The minimum atomic E-state index is 0.701. The first-order chi connectivity index (χ1) is 12.8. The first kappa shape index (κ1) is 16.7. The van der Waals surface area contributed by atoms with Crippen LogP contribution >= 0.6 is 11.8 Å². The highest BCUT2D eigenvalue weighted by atomic mass is 32.2. The summed E-state index contributed by atoms with van der Waals surface area (Å²) < 4.78 is 2.14. The second-order valence-corrected chi connectivity index (χ2v) is 7.27. The Hall–Kier alpha value is -2.77. The van der Waals surface area contributed by atoms with Crippen LogP contribution in [0, 0.1) is 11.3 Å². The maximum atomic E-state index is 9.76. The standard InChI is InChI=1S/C22H19N3S/c1-2-8-17-13-21(26-15-16-9-4-3-5-10-16)25-20-12-7-6-11-19(20)24-22(25)18(17)14-23/h3-7,9-13H,2,8,15H2,1H3. The van der Waals surface area contributed by atoms with Crippen LogP contribution in [-0.2, 0) is 12.2 Å². The van der Waals surface area contributed by atoms with Crippen molar-refractivity contribution < 1.29 is 0 Å². The van der Waals surface area contributed by atoms with Crippen LogP contribution in [0.1, 0.15) is 30.0 Å². The van der Waals surface area contributed by atoms with Crippen molar-refractivity contribution in [1.29, 1.82) is 5.26 Å². The van der Waals surface area contributed by atoms with Crippen molar-refractivity contribution in [3.8, 4) is 6.07 Å². The van der Waals surface area contributed by atoms with E-state index in [1.165, 1.54) is 5.56 Å². The highest BCUT2D eigenvalue weighted by Crippen LogP contribution is 2.31. The summed E-state index contributed by atoms with van der Waals surface area (Å²) in [5, 5.41) is 10.9. The summed E-state index contributed by atoms with van der Waals surface area (Å²) in [6, 6.07) is 23.1. The first-order valence-corrected chi connectivity index (χ1v) is 9.80. The minimum Gasteiger partial charge on any atom is -0.286 e. The molecule has 2 aromatic heterocycles. The van der Waals surface area contributed by atoms with Gasteiger partial charge in [0.25, 0.3) is 0 Å². The fourth-order valence-corrected chi connectivity index (χ4v) is 4.32. The average Bonchev–Trinajstić information content (AvgIpc) is 3.07. The van der Waals surface area contributed by atoms with E-state index < -0.39 is 0 Å². The number of hydrogen-bond donors (Lipinski definition) is 0. The zero-order valence-electron chi connectivity index (χ0n) is 14.6. The van der Waals surface area contributed by atoms with Gasteiger partial charge in [-0.3, -0.25) is 4.40 Å². The summed E-state index contributed by atoms with van der Waals surface area (Å²) in [7, 11) is 0. The van der Waals surface area contributed by atoms with Gasteiger partial charge >= 0.3 is 0 Å². The summed E-state index contributed by atoms with van der Waals surface area (Å²) in [5.41, 5.74) is 5.84. The van der Waals surface area contributed by atoms with Crippen LogP contribution in [0.4, 0.5) is 0 Å². The van der Waals surface area contributed by atoms with Gasteiger partial charge in [0.05, 0.1) is 21.6 Å². The maximum Gasteiger partial charge on any atom is 0.157 e. The van der Waals surface area contributed by atoms with Gasteiger partial charge in [0.1, 0.15) is 6.07 Å². The van der Waals surface area contributed by atoms with E-state index in [2.05, 4.69) is 53.8 Å². The predicted molar refractivity (Wildman–Crippen MR) is 107 cm³/mol. The zero-order chi connectivity index (χ0) is 17.9. The summed E-state index contributed by atoms with van der Waals surface area (Å²) in [6.07, 6.45) is 1.90. The van der Waals surface area contributed by atoms with Crippen molar-refractivity contribution in [3.05, 3.63) is 77.4 Å². The predicted octanol–water partition coefficient (Wildman–Crippen LogP) is 5.60. The molecule has 0 atom stereocenters. The molecule has 0 N–H and O–H groups in total.